The first-order chi connectivity index (χ1) is 33.9. The van der Waals surface area contributed by atoms with Crippen molar-refractivity contribution in [3.8, 4) is 0 Å². The van der Waals surface area contributed by atoms with E-state index in [1.54, 1.807) is 6.08 Å². The molecule has 1 amide bonds. The number of hydrogen-bond donors (Lipinski definition) is 1. The lowest BCUT2D eigenvalue weighted by molar-refractivity contribution is -0.870. The minimum atomic E-state index is -4.71. The minimum Gasteiger partial charge on any atom is -0.756 e. The van der Waals surface area contributed by atoms with Crippen molar-refractivity contribution in [2.75, 3.05) is 40.9 Å². The molecule has 0 rings (SSSR count). The van der Waals surface area contributed by atoms with E-state index in [4.69, 9.17) is 13.8 Å². The summed E-state index contributed by atoms with van der Waals surface area (Å²) in [6, 6.07) is -0.921. The number of carbonyl (C=O) groups is 2. The monoisotopic (exact) mass is 997 g/mol. The lowest BCUT2D eigenvalue weighted by Crippen LogP contribution is -2.47. The Kier molecular flexibility index (Phi) is 47.3. The second kappa shape index (κ2) is 49.5. The number of phosphoric ester groups is 1. The maximum atomic E-state index is 13.5. The fourth-order valence-corrected chi connectivity index (χ4v) is 8.18. The second-order valence-electron chi connectivity index (χ2n) is 19.8. The average molecular weight is 997 g/mol. The molecule has 0 saturated heterocycles. The topological polar surface area (TPSA) is 114 Å². The molecule has 0 saturated carbocycles. The van der Waals surface area contributed by atoms with E-state index in [0.717, 1.165) is 77.0 Å². The lowest BCUT2D eigenvalue weighted by Gasteiger charge is -2.30. The molecule has 3 unspecified atom stereocenters. The third kappa shape index (κ3) is 49.9. The molecule has 9 nitrogen and oxygen atoms in total. The highest BCUT2D eigenvalue weighted by atomic mass is 31.2. The number of esters is 1. The molecule has 70 heavy (non-hydrogen) atoms. The first kappa shape index (κ1) is 66.9. The van der Waals surface area contributed by atoms with Crippen molar-refractivity contribution in [2.45, 2.75) is 232 Å². The largest absolute Gasteiger partial charge is 0.756 e. The number of amides is 1. The molecular weight excluding hydrogens is 892 g/mol. The van der Waals surface area contributed by atoms with Gasteiger partial charge in [0.25, 0.3) is 7.82 Å². The molecule has 0 aromatic heterocycles. The first-order valence-corrected chi connectivity index (χ1v) is 29.5. The van der Waals surface area contributed by atoms with Gasteiger partial charge < -0.3 is 28.5 Å². The number of allylic oxidation sites excluding steroid dienone is 15. The van der Waals surface area contributed by atoms with Crippen LogP contribution in [0.5, 0.6) is 0 Å². The van der Waals surface area contributed by atoms with Gasteiger partial charge in [-0.15, -0.1) is 0 Å². The number of carbonyl (C=O) groups excluding carboxylic acids is 2. The average Bonchev–Trinajstić information content (AvgIpc) is 3.32. The molecule has 10 heteroatoms. The number of unbranched alkanes of at least 4 members (excludes halogenated alkanes) is 21. The summed E-state index contributed by atoms with van der Waals surface area (Å²) in [5.41, 5.74) is 0. The van der Waals surface area contributed by atoms with Gasteiger partial charge in [-0.2, -0.15) is 0 Å². The quantitative estimate of drug-likeness (QED) is 0.0161. The van der Waals surface area contributed by atoms with Gasteiger partial charge in [-0.25, -0.2) is 0 Å². The number of nitrogens with zero attached hydrogens (tertiary/aromatic N) is 1. The van der Waals surface area contributed by atoms with Crippen LogP contribution in [0.2, 0.25) is 0 Å². The molecule has 0 aromatic carbocycles. The predicted octanol–water partition coefficient (Wildman–Crippen LogP) is 16.2. The molecule has 0 heterocycles. The van der Waals surface area contributed by atoms with E-state index in [1.165, 1.54) is 96.3 Å². The molecule has 0 bridgehead atoms. The van der Waals surface area contributed by atoms with Crippen LogP contribution in [0, 0.1) is 0 Å². The van der Waals surface area contributed by atoms with Crippen LogP contribution in [0.25, 0.3) is 0 Å². The van der Waals surface area contributed by atoms with Crippen LogP contribution in [0.3, 0.4) is 0 Å². The molecule has 0 aliphatic heterocycles. The second-order valence-corrected chi connectivity index (χ2v) is 21.2. The summed E-state index contributed by atoms with van der Waals surface area (Å²) in [6.07, 6.45) is 65.2. The molecule has 0 aliphatic rings. The van der Waals surface area contributed by atoms with Crippen molar-refractivity contribution < 1.29 is 37.3 Å². The van der Waals surface area contributed by atoms with Crippen LogP contribution < -0.4 is 10.2 Å². The van der Waals surface area contributed by atoms with Crippen LogP contribution in [0.4, 0.5) is 0 Å². The number of phosphoric acid groups is 1. The normalized spacial score (nSPS) is 14.6. The molecule has 0 aromatic rings. The van der Waals surface area contributed by atoms with Crippen LogP contribution in [-0.4, -0.2) is 69.4 Å². The van der Waals surface area contributed by atoms with Crippen LogP contribution in [0.15, 0.2) is 97.2 Å². The number of quaternary nitrogens is 1. The Morgan fingerprint density at radius 1 is 0.529 bits per heavy atom. The number of rotatable bonds is 49. The van der Waals surface area contributed by atoms with E-state index < -0.39 is 32.5 Å². The Hall–Kier alpha value is -3.07. The van der Waals surface area contributed by atoms with Crippen molar-refractivity contribution >= 4 is 19.7 Å². The molecule has 0 aliphatic carbocycles. The van der Waals surface area contributed by atoms with E-state index in [-0.39, 0.29) is 25.4 Å². The van der Waals surface area contributed by atoms with E-state index in [1.807, 2.05) is 27.2 Å². The van der Waals surface area contributed by atoms with Crippen molar-refractivity contribution in [2.24, 2.45) is 0 Å². The van der Waals surface area contributed by atoms with E-state index >= 15 is 0 Å². The summed E-state index contributed by atoms with van der Waals surface area (Å²) in [7, 11) is 1.13. The molecular formula is C60H105N2O7P. The van der Waals surface area contributed by atoms with Crippen LogP contribution in [-0.2, 0) is 27.9 Å². The maximum absolute atomic E-state index is 13.5. The summed E-state index contributed by atoms with van der Waals surface area (Å²) in [5.74, 6) is -0.628. The zero-order valence-corrected chi connectivity index (χ0v) is 46.6. The molecule has 0 fully saturated rings. The Morgan fingerprint density at radius 2 is 0.986 bits per heavy atom. The van der Waals surface area contributed by atoms with Gasteiger partial charge in [-0.1, -0.05) is 215 Å². The highest BCUT2D eigenvalue weighted by Gasteiger charge is 2.27. The fraction of sp³-hybridized carbons (Fsp3) is 0.700. The van der Waals surface area contributed by atoms with Gasteiger partial charge in [-0.3, -0.25) is 14.2 Å². The smallest absolute Gasteiger partial charge is 0.306 e. The molecule has 3 atom stereocenters. The Morgan fingerprint density at radius 3 is 1.54 bits per heavy atom. The van der Waals surface area contributed by atoms with Crippen molar-refractivity contribution in [1.29, 1.82) is 0 Å². The van der Waals surface area contributed by atoms with E-state index in [2.05, 4.69) is 111 Å². The van der Waals surface area contributed by atoms with Gasteiger partial charge in [0.05, 0.1) is 33.8 Å². The summed E-state index contributed by atoms with van der Waals surface area (Å²) in [6.45, 7) is 6.61. The molecule has 0 radical (unpaired) electrons. The standard InChI is InChI=1S/C60H105N2O7P/c1-7-10-13-16-19-22-25-28-30-31-33-35-38-41-44-47-50-53-60(64)69-58(51-48-45-42-39-36-27-24-21-18-15-12-9-3)57(56-68-70(65,66)67-55-54-62(4,5)6)61-59(63)52-49-46-43-40-37-34-32-29-26-23-20-17-14-11-8-2/h11,14,17,19-20,22-23,26,28,30,33,35,41,44,48,51,57-58H,7-10,12-13,15-16,18,21,24-25,27,29,31-32,34,36-40,42-43,45-47,49-50,52-56H2,1-6H3,(H-,61,63,65,66)/b14-11+,20-17+,22-19-,26-23+,30-28-,35-33-,44-41-,51-48+. The Balaban J connectivity index is 5.49. The van der Waals surface area contributed by atoms with E-state index in [9.17, 15) is 19.0 Å². The van der Waals surface area contributed by atoms with Gasteiger partial charge in [0, 0.05) is 12.8 Å². The SMILES string of the molecule is CC/C=C/C=C/C=C/CCCCCCCCCC(=O)NC(COP(=O)([O-])OCC[N+](C)(C)C)C(/C=C/CCCCCCCCCCCC)OC(=O)CCC/C=C\C/C=C\C/C=C\C/C=C\CCCCC. The number of ether oxygens (including phenoxy) is 1. The first-order valence-electron chi connectivity index (χ1n) is 28.1. The van der Waals surface area contributed by atoms with Gasteiger partial charge in [0.2, 0.25) is 5.91 Å². The number of hydrogen-bond acceptors (Lipinski definition) is 7. The number of likely N-dealkylation sites (N-methyl/N-ethyl adjacent to an activating group) is 1. The van der Waals surface area contributed by atoms with E-state index in [0.29, 0.717) is 23.9 Å². The third-order valence-electron chi connectivity index (χ3n) is 11.8. The highest BCUT2D eigenvalue weighted by molar-refractivity contribution is 7.45. The van der Waals surface area contributed by atoms with Crippen molar-refractivity contribution in [1.82, 2.24) is 5.32 Å². The van der Waals surface area contributed by atoms with Crippen LogP contribution in [0.1, 0.15) is 220 Å². The van der Waals surface area contributed by atoms with Gasteiger partial charge >= 0.3 is 5.97 Å². The zero-order chi connectivity index (χ0) is 51.5. The third-order valence-corrected chi connectivity index (χ3v) is 12.8. The summed E-state index contributed by atoms with van der Waals surface area (Å²) in [5, 5.41) is 2.99. The fourth-order valence-electron chi connectivity index (χ4n) is 7.45. The predicted molar refractivity (Wildman–Crippen MR) is 297 cm³/mol. The lowest BCUT2D eigenvalue weighted by atomic mass is 10.0. The summed E-state index contributed by atoms with van der Waals surface area (Å²) in [4.78, 5) is 39.8. The zero-order valence-electron chi connectivity index (χ0n) is 45.7. The molecule has 0 spiro atoms. The van der Waals surface area contributed by atoms with Crippen LogP contribution >= 0.6 is 7.82 Å². The van der Waals surface area contributed by atoms with Gasteiger partial charge in [0.15, 0.2) is 0 Å². The molecule has 402 valence electrons. The van der Waals surface area contributed by atoms with Gasteiger partial charge in [0.1, 0.15) is 19.3 Å². The minimum absolute atomic E-state index is 0.0379. The maximum Gasteiger partial charge on any atom is 0.306 e. The number of nitrogens with one attached hydrogen (secondary N) is 1. The summed E-state index contributed by atoms with van der Waals surface area (Å²) < 4.78 is 30.1. The highest BCUT2D eigenvalue weighted by Crippen LogP contribution is 2.38. The Labute approximate surface area is 430 Å². The Bertz CT molecular complexity index is 1520. The van der Waals surface area contributed by atoms with Crippen molar-refractivity contribution in [3.05, 3.63) is 97.2 Å². The van der Waals surface area contributed by atoms with Crippen molar-refractivity contribution in [3.63, 3.8) is 0 Å². The van der Waals surface area contributed by atoms with Gasteiger partial charge in [-0.05, 0) is 89.5 Å². The summed E-state index contributed by atoms with van der Waals surface area (Å²) >= 11 is 0. The molecule has 1 N–H and O–H groups in total.